The molecule has 0 bridgehead atoms. The Hall–Kier alpha value is -3.04. The Morgan fingerprint density at radius 3 is 2.58 bits per heavy atom. The molecule has 1 aromatic rings. The number of nitrogens with zero attached hydrogens (tertiary/aromatic N) is 3. The van der Waals surface area contributed by atoms with Gasteiger partial charge in [-0.2, -0.15) is 17.7 Å². The number of carbonyl (C=O) groups is 1. The van der Waals surface area contributed by atoms with Gasteiger partial charge in [0.1, 0.15) is 11.5 Å². The van der Waals surface area contributed by atoms with Crippen LogP contribution >= 0.6 is 0 Å². The molecule has 31 heavy (non-hydrogen) atoms. The molecule has 1 unspecified atom stereocenters. The minimum Gasteiger partial charge on any atom is -0.343 e. The lowest BCUT2D eigenvalue weighted by atomic mass is 9.94. The third kappa shape index (κ3) is 4.83. The van der Waals surface area contributed by atoms with Gasteiger partial charge in [-0.25, -0.2) is 9.59 Å². The Morgan fingerprint density at radius 1 is 1.35 bits per heavy atom. The Kier molecular flexibility index (Phi) is 6.56. The highest BCUT2D eigenvalue weighted by molar-refractivity contribution is 5.89. The van der Waals surface area contributed by atoms with E-state index < -0.39 is 23.8 Å². The maximum atomic E-state index is 12.9. The van der Waals surface area contributed by atoms with Gasteiger partial charge in [0, 0.05) is 32.0 Å². The van der Waals surface area contributed by atoms with Gasteiger partial charge in [0.05, 0.1) is 5.92 Å². The number of rotatable bonds is 6. The molecule has 0 radical (unpaired) electrons. The molecule has 0 saturated carbocycles. The number of hydrogen-bond acceptors (Lipinski definition) is 4. The van der Waals surface area contributed by atoms with E-state index in [-0.39, 0.29) is 17.9 Å². The first-order valence-corrected chi connectivity index (χ1v) is 10.1. The number of halogens is 3. The summed E-state index contributed by atoms with van der Waals surface area (Å²) in [7, 11) is 1.49. The van der Waals surface area contributed by atoms with Crippen molar-refractivity contribution in [2.75, 3.05) is 18.4 Å². The summed E-state index contributed by atoms with van der Waals surface area (Å²) < 4.78 is 40.5. The molecule has 3 rings (SSSR count). The van der Waals surface area contributed by atoms with Crippen molar-refractivity contribution in [3.63, 3.8) is 0 Å². The largest absolute Gasteiger partial charge is 0.395 e. The van der Waals surface area contributed by atoms with Crippen molar-refractivity contribution in [1.29, 1.82) is 5.41 Å². The second kappa shape index (κ2) is 8.99. The number of alkyl halides is 3. The topological polar surface area (TPSA) is 83.1 Å². The van der Waals surface area contributed by atoms with Crippen LogP contribution in [-0.2, 0) is 7.05 Å². The number of amides is 1. The molecule has 10 heteroatoms. The summed E-state index contributed by atoms with van der Waals surface area (Å²) in [5.74, 6) is -1.28. The van der Waals surface area contributed by atoms with E-state index in [0.29, 0.717) is 31.6 Å². The van der Waals surface area contributed by atoms with Crippen LogP contribution in [0.4, 0.5) is 23.8 Å². The van der Waals surface area contributed by atoms with Crippen LogP contribution < -0.4 is 11.0 Å². The van der Waals surface area contributed by atoms with Crippen LogP contribution in [0, 0.1) is 11.3 Å². The van der Waals surface area contributed by atoms with Crippen LogP contribution in [0.1, 0.15) is 37.8 Å². The molecule has 1 fully saturated rings. The highest BCUT2D eigenvalue weighted by atomic mass is 19.4. The molecular weight excluding hydrogens is 411 g/mol. The average molecular weight is 437 g/mol. The fourth-order valence-corrected chi connectivity index (χ4v) is 3.75. The van der Waals surface area contributed by atoms with E-state index in [9.17, 15) is 22.8 Å². The van der Waals surface area contributed by atoms with Crippen LogP contribution in [0.5, 0.6) is 0 Å². The number of aromatic nitrogens is 2. The van der Waals surface area contributed by atoms with E-state index >= 15 is 0 Å². The van der Waals surface area contributed by atoms with Crippen molar-refractivity contribution in [3.05, 3.63) is 52.3 Å². The molecule has 1 aliphatic heterocycles. The number of carbonyl (C=O) groups excluding carboxylic acids is 1. The first-order chi connectivity index (χ1) is 14.6. The van der Waals surface area contributed by atoms with E-state index in [2.05, 4.69) is 11.9 Å². The fourth-order valence-electron chi connectivity index (χ4n) is 3.75. The number of anilines is 1. The number of allylic oxidation sites excluding steroid dienone is 5. The molecule has 1 amide bonds. The molecule has 7 nitrogen and oxygen atoms in total. The van der Waals surface area contributed by atoms with E-state index in [1.165, 1.54) is 23.8 Å². The predicted octanol–water partition coefficient (Wildman–Crippen LogP) is 4.02. The van der Waals surface area contributed by atoms with Gasteiger partial charge in [0.25, 0.3) is 0 Å². The molecule has 1 aromatic heterocycles. The quantitative estimate of drug-likeness (QED) is 0.660. The molecule has 1 aliphatic carbocycles. The van der Waals surface area contributed by atoms with Crippen LogP contribution in [0.3, 0.4) is 0 Å². The normalized spacial score (nSPS) is 18.8. The second-order valence-electron chi connectivity index (χ2n) is 7.78. The van der Waals surface area contributed by atoms with Crippen molar-refractivity contribution in [2.24, 2.45) is 13.0 Å². The third-order valence-electron chi connectivity index (χ3n) is 5.62. The van der Waals surface area contributed by atoms with Crippen molar-refractivity contribution in [1.82, 2.24) is 14.0 Å². The standard InChI is InChI=1S/C21H26F3N5O2/c1-14(5-6-15-7-9-16(10-8-15)21(22,23)24)26-18-17(13-25)27(2)19(30)29(18)20(31)28-11-3-4-12-28/h7-9,13,16,25-26H,1,3-6,10-12H2,2H3. The summed E-state index contributed by atoms with van der Waals surface area (Å²) >= 11 is 0. The molecule has 2 N–H and O–H groups in total. The molecule has 0 spiro atoms. The van der Waals surface area contributed by atoms with Gasteiger partial charge >= 0.3 is 17.9 Å². The number of likely N-dealkylation sites (tertiary alicyclic amines) is 1. The zero-order valence-electron chi connectivity index (χ0n) is 17.3. The van der Waals surface area contributed by atoms with Gasteiger partial charge in [-0.3, -0.25) is 4.57 Å². The zero-order chi connectivity index (χ0) is 22.8. The number of hydrogen-bond donors (Lipinski definition) is 2. The van der Waals surface area contributed by atoms with Gasteiger partial charge in [0.2, 0.25) is 0 Å². The van der Waals surface area contributed by atoms with E-state index in [4.69, 9.17) is 5.41 Å². The maximum Gasteiger partial charge on any atom is 0.395 e. The number of nitrogens with one attached hydrogen (secondary N) is 2. The monoisotopic (exact) mass is 437 g/mol. The summed E-state index contributed by atoms with van der Waals surface area (Å²) in [6.45, 7) is 5.07. The van der Waals surface area contributed by atoms with Crippen LogP contribution in [0.25, 0.3) is 0 Å². The predicted molar refractivity (Wildman–Crippen MR) is 113 cm³/mol. The van der Waals surface area contributed by atoms with E-state index in [0.717, 1.165) is 29.2 Å². The third-order valence-corrected chi connectivity index (χ3v) is 5.62. The Balaban J connectivity index is 1.71. The Labute approximate surface area is 178 Å². The van der Waals surface area contributed by atoms with Gasteiger partial charge in [-0.05, 0) is 32.1 Å². The first kappa shape index (κ1) is 22.6. The molecule has 1 atom stereocenters. The summed E-state index contributed by atoms with van der Waals surface area (Å²) in [6.07, 6.45) is 3.49. The van der Waals surface area contributed by atoms with Crippen molar-refractivity contribution in [2.45, 2.75) is 38.3 Å². The maximum absolute atomic E-state index is 12.9. The second-order valence-corrected chi connectivity index (χ2v) is 7.78. The van der Waals surface area contributed by atoms with Crippen molar-refractivity contribution < 1.29 is 18.0 Å². The minimum absolute atomic E-state index is 0.0875. The SMILES string of the molecule is C=C(CCC1=CCC(C(F)(F)F)C=C1)Nc1c(C=N)n(C)c(=O)n1C(=O)N1CCCC1. The van der Waals surface area contributed by atoms with Gasteiger partial charge < -0.3 is 15.6 Å². The Bertz CT molecular complexity index is 994. The van der Waals surface area contributed by atoms with Crippen LogP contribution in [0.15, 0.2) is 40.9 Å². The lowest BCUT2D eigenvalue weighted by Crippen LogP contribution is -2.39. The van der Waals surface area contributed by atoms with Crippen LogP contribution in [-0.4, -0.2) is 45.5 Å². The minimum atomic E-state index is -4.24. The van der Waals surface area contributed by atoms with Crippen molar-refractivity contribution in [3.8, 4) is 0 Å². The number of imidazole rings is 1. The molecule has 168 valence electrons. The van der Waals surface area contributed by atoms with E-state index in [1.54, 1.807) is 11.0 Å². The first-order valence-electron chi connectivity index (χ1n) is 10.1. The summed E-state index contributed by atoms with van der Waals surface area (Å²) in [4.78, 5) is 27.1. The van der Waals surface area contributed by atoms with Gasteiger partial charge in [-0.1, -0.05) is 30.4 Å². The average Bonchev–Trinajstić information content (AvgIpc) is 3.33. The lowest BCUT2D eigenvalue weighted by molar-refractivity contribution is -0.160. The smallest absolute Gasteiger partial charge is 0.343 e. The summed E-state index contributed by atoms with van der Waals surface area (Å²) in [5, 5.41) is 10.6. The molecule has 2 heterocycles. The van der Waals surface area contributed by atoms with Gasteiger partial charge in [-0.15, -0.1) is 0 Å². The van der Waals surface area contributed by atoms with Crippen molar-refractivity contribution >= 4 is 18.1 Å². The van der Waals surface area contributed by atoms with E-state index in [1.807, 2.05) is 0 Å². The molecular formula is C21H26F3N5O2. The molecule has 0 aromatic carbocycles. The lowest BCUT2D eigenvalue weighted by Gasteiger charge is -2.20. The highest BCUT2D eigenvalue weighted by Gasteiger charge is 2.37. The summed E-state index contributed by atoms with van der Waals surface area (Å²) in [5.41, 5.74) is 0.948. The fraction of sp³-hybridized carbons (Fsp3) is 0.476. The Morgan fingerprint density at radius 2 is 2.03 bits per heavy atom. The van der Waals surface area contributed by atoms with Gasteiger partial charge in [0.15, 0.2) is 0 Å². The summed E-state index contributed by atoms with van der Waals surface area (Å²) in [6, 6.07) is -0.447. The zero-order valence-corrected chi connectivity index (χ0v) is 17.3. The molecule has 2 aliphatic rings. The highest BCUT2D eigenvalue weighted by Crippen LogP contribution is 2.34. The van der Waals surface area contributed by atoms with Crippen LogP contribution in [0.2, 0.25) is 0 Å². The molecule has 1 saturated heterocycles.